The molecule has 5 aromatic carbocycles. The molecule has 440 valence electrons. The number of para-hydroxylation sites is 2. The Morgan fingerprint density at radius 3 is 2.35 bits per heavy atom. The van der Waals surface area contributed by atoms with Gasteiger partial charge in [0.15, 0.2) is 5.82 Å². The maximum atomic E-state index is 12.8. The van der Waals surface area contributed by atoms with Crippen LogP contribution in [0.15, 0.2) is 144 Å². The van der Waals surface area contributed by atoms with E-state index < -0.39 is 11.4 Å². The highest BCUT2D eigenvalue weighted by molar-refractivity contribution is 7.07. The quantitative estimate of drug-likeness (QED) is 0.0982. The zero-order chi connectivity index (χ0) is 58.9. The summed E-state index contributed by atoms with van der Waals surface area (Å²) >= 11 is 14.3. The van der Waals surface area contributed by atoms with Gasteiger partial charge in [-0.3, -0.25) is 0 Å². The monoisotopic (exact) mass is 1200 g/mol. The van der Waals surface area contributed by atoms with Crippen molar-refractivity contribution in [2.45, 2.75) is 102 Å². The largest absolute Gasteiger partial charge is 0.508 e. The predicted octanol–water partition coefficient (Wildman–Crippen LogP) is 11.9. The minimum absolute atomic E-state index is 0.0645. The topological polar surface area (TPSA) is 187 Å². The number of aromatic amines is 1. The van der Waals surface area contributed by atoms with Crippen molar-refractivity contribution in [3.8, 4) is 41.0 Å². The summed E-state index contributed by atoms with van der Waals surface area (Å²) in [7, 11) is 0. The van der Waals surface area contributed by atoms with Gasteiger partial charge in [-0.1, -0.05) is 67.2 Å². The van der Waals surface area contributed by atoms with Gasteiger partial charge in [-0.25, -0.2) is 33.7 Å². The van der Waals surface area contributed by atoms with Gasteiger partial charge < -0.3 is 39.2 Å². The second kappa shape index (κ2) is 24.5. The van der Waals surface area contributed by atoms with Gasteiger partial charge in [0.25, 0.3) is 0 Å². The van der Waals surface area contributed by atoms with Crippen LogP contribution in [0.4, 0.5) is 11.4 Å². The van der Waals surface area contributed by atoms with Crippen molar-refractivity contribution < 1.29 is 24.4 Å². The van der Waals surface area contributed by atoms with Crippen LogP contribution in [0.2, 0.25) is 10.0 Å². The van der Waals surface area contributed by atoms with Gasteiger partial charge in [0.1, 0.15) is 61.0 Å². The molecule has 2 saturated heterocycles. The molecular weight excluding hydrogens is 1130 g/mol. The summed E-state index contributed by atoms with van der Waals surface area (Å²) in [5, 5.41) is 32.1. The predicted molar refractivity (Wildman–Crippen MR) is 332 cm³/mol. The smallest absolute Gasteiger partial charge is 0.350 e. The molecule has 3 aliphatic carbocycles. The number of aromatic nitrogens is 9. The maximum Gasteiger partial charge on any atom is 0.350 e. The third-order valence-corrected chi connectivity index (χ3v) is 19.4. The number of imidazole rings is 1. The molecule has 85 heavy (non-hydrogen) atoms. The number of thiazole rings is 1. The molecule has 0 spiro atoms. The van der Waals surface area contributed by atoms with Crippen LogP contribution in [0.1, 0.15) is 87.9 Å². The van der Waals surface area contributed by atoms with E-state index in [1.54, 1.807) is 45.4 Å². The molecule has 4 aromatic heterocycles. The summed E-state index contributed by atoms with van der Waals surface area (Å²) in [6.07, 6.45) is 17.0. The van der Waals surface area contributed by atoms with Gasteiger partial charge in [-0.15, -0.1) is 17.8 Å². The van der Waals surface area contributed by atoms with Crippen LogP contribution < -0.4 is 20.2 Å². The lowest BCUT2D eigenvalue weighted by Crippen LogP contribution is -2.50. The molecule has 4 fully saturated rings. The first-order chi connectivity index (χ1) is 41.2. The molecule has 0 bridgehead atoms. The van der Waals surface area contributed by atoms with E-state index in [1.807, 2.05) is 91.5 Å². The number of H-pyrrole nitrogens is 1. The summed E-state index contributed by atoms with van der Waals surface area (Å²) in [5.74, 6) is 5.25. The number of piperazine rings is 1. The number of aromatic hydroxyl groups is 1. The highest BCUT2D eigenvalue weighted by Gasteiger charge is 2.61. The van der Waals surface area contributed by atoms with Crippen LogP contribution in [0.3, 0.4) is 0 Å². The maximum absolute atomic E-state index is 12.8. The van der Waals surface area contributed by atoms with Crippen molar-refractivity contribution in [3.05, 3.63) is 176 Å². The van der Waals surface area contributed by atoms with Gasteiger partial charge >= 0.3 is 5.69 Å². The van der Waals surface area contributed by atoms with E-state index in [0.717, 1.165) is 116 Å². The highest BCUT2D eigenvalue weighted by Crippen LogP contribution is 2.64. The Balaban J connectivity index is 0.000000159. The lowest BCUT2D eigenvalue weighted by molar-refractivity contribution is -0.190. The number of aryl methyl sites for hydroxylation is 1. The minimum atomic E-state index is -1.16. The van der Waals surface area contributed by atoms with E-state index in [0.29, 0.717) is 52.3 Å². The standard InChI is InChI=1S/C35H38Cl2N8O4.C20H24O2.C10H7N3S/c1-3-25(2)45-34(46)44(24-40-45)29-7-5-27(6-8-29)41-14-16-42(17-15-41)28-9-11-30(12-10-28)47-19-31-20-48-35(49-31,21-43-23-38-22-39-43)32-13-4-26(36)18-33(32)37;1-3-20(22)11-9-18-17-6-4-13-12-14(21)5-7-15(13)16(17)8-10-19(18,20)2;1-2-4-8-7(3-1)12-10(13-8)9-5-14-6-11-9/h4-13,18,22-25,31H,3,14-17,19-21H2,1-2H3;1,5,7,12,16-18,21-22H,4,6,8-11H2,2H3;1-6H,(H,12,13)/t25?,31-,35-;16-,17-,18+,19+,20+;/m01./s1. The third kappa shape index (κ3) is 11.7. The molecule has 1 unspecified atom stereocenters. The number of hydrogen-bond donors (Lipinski definition) is 3. The number of aliphatic hydroxyl groups is 1. The van der Waals surface area contributed by atoms with Crippen molar-refractivity contribution in [2.24, 2.45) is 17.3 Å². The molecule has 9 aromatic rings. The van der Waals surface area contributed by atoms with Gasteiger partial charge in [0.05, 0.1) is 39.9 Å². The molecule has 8 atom stereocenters. The lowest BCUT2D eigenvalue weighted by Gasteiger charge is -2.52. The fourth-order valence-electron chi connectivity index (χ4n) is 13.5. The van der Waals surface area contributed by atoms with E-state index in [4.69, 9.17) is 43.8 Å². The van der Waals surface area contributed by atoms with Crippen molar-refractivity contribution in [2.75, 3.05) is 49.2 Å². The Hall–Kier alpha value is -7.50. The number of phenolic OH excluding ortho intramolecular Hbond substituents is 1. The summed E-state index contributed by atoms with van der Waals surface area (Å²) in [4.78, 5) is 33.5. The van der Waals surface area contributed by atoms with E-state index in [2.05, 4.69) is 83.1 Å². The van der Waals surface area contributed by atoms with Crippen molar-refractivity contribution in [3.63, 3.8) is 0 Å². The number of nitrogens with zero attached hydrogens (tertiary/aromatic N) is 10. The minimum Gasteiger partial charge on any atom is -0.508 e. The molecule has 3 N–H and O–H groups in total. The number of benzene rings is 5. The molecule has 6 heterocycles. The zero-order valence-electron chi connectivity index (χ0n) is 47.8. The Labute approximate surface area is 508 Å². The second-order valence-corrected chi connectivity index (χ2v) is 24.6. The first kappa shape index (κ1) is 57.9. The zero-order valence-corrected chi connectivity index (χ0v) is 50.1. The van der Waals surface area contributed by atoms with E-state index in [-0.39, 0.29) is 29.8 Å². The number of ether oxygens (including phenoxy) is 3. The summed E-state index contributed by atoms with van der Waals surface area (Å²) in [6.45, 7) is 10.7. The number of anilines is 2. The number of halogens is 2. The van der Waals surface area contributed by atoms with Crippen molar-refractivity contribution >= 4 is 56.9 Å². The van der Waals surface area contributed by atoms with E-state index >= 15 is 0 Å². The Kier molecular flexibility index (Phi) is 16.7. The molecule has 14 rings (SSSR count). The Morgan fingerprint density at radius 2 is 1.66 bits per heavy atom. The van der Waals surface area contributed by atoms with Crippen LogP contribution >= 0.6 is 34.5 Å². The number of phenols is 1. The summed E-state index contributed by atoms with van der Waals surface area (Å²) < 4.78 is 23.7. The second-order valence-electron chi connectivity index (χ2n) is 23.1. The summed E-state index contributed by atoms with van der Waals surface area (Å²) in [5.41, 5.74) is 10.1. The average molecular weight is 1200 g/mol. The number of fused-ring (bicyclic) bond motifs is 6. The summed E-state index contributed by atoms with van der Waals surface area (Å²) in [6, 6.07) is 35.4. The van der Waals surface area contributed by atoms with Crippen molar-refractivity contribution in [1.82, 2.24) is 44.1 Å². The van der Waals surface area contributed by atoms with Gasteiger partial charge in [-0.2, -0.15) is 10.2 Å². The van der Waals surface area contributed by atoms with Crippen LogP contribution in [0.25, 0.3) is 28.2 Å². The third-order valence-electron chi connectivity index (χ3n) is 18.3. The molecule has 17 nitrogen and oxygen atoms in total. The number of terminal acetylenes is 1. The van der Waals surface area contributed by atoms with Gasteiger partial charge in [0, 0.05) is 58.9 Å². The average Bonchev–Trinajstić information content (AvgIpc) is 3.65. The van der Waals surface area contributed by atoms with E-state index in [9.17, 15) is 15.0 Å². The number of rotatable bonds is 12. The van der Waals surface area contributed by atoms with Crippen LogP contribution in [-0.4, -0.2) is 105 Å². The normalized spacial score (nSPS) is 24.5. The number of hydrogen-bond acceptors (Lipinski definition) is 14. The molecule has 2 aliphatic heterocycles. The van der Waals surface area contributed by atoms with Crippen molar-refractivity contribution in [1.29, 1.82) is 0 Å². The highest BCUT2D eigenvalue weighted by atomic mass is 35.5. The van der Waals surface area contributed by atoms with Crippen LogP contribution in [0, 0.1) is 29.6 Å². The number of nitrogens with one attached hydrogen (secondary N) is 1. The molecule has 2 saturated carbocycles. The molecule has 20 heteroatoms. The molecular formula is C65H69Cl2N11O6S. The van der Waals surface area contributed by atoms with Gasteiger partial charge in [0.2, 0.25) is 5.79 Å². The first-order valence-electron chi connectivity index (χ1n) is 29.2. The van der Waals surface area contributed by atoms with Crippen LogP contribution in [-0.2, 0) is 28.2 Å². The Morgan fingerprint density at radius 1 is 0.906 bits per heavy atom. The molecule has 0 amide bonds. The van der Waals surface area contributed by atoms with Crippen LogP contribution in [0.5, 0.6) is 11.5 Å². The molecule has 5 aliphatic rings. The fraction of sp³-hybridized carbons (Fsp3) is 0.385. The fourth-order valence-corrected chi connectivity index (χ4v) is 14.6. The van der Waals surface area contributed by atoms with Gasteiger partial charge in [-0.05, 0) is 166 Å². The Bertz CT molecular complexity index is 3810. The first-order valence-corrected chi connectivity index (χ1v) is 30.9. The van der Waals surface area contributed by atoms with E-state index in [1.165, 1.54) is 22.1 Å². The molecule has 0 radical (unpaired) electrons. The lowest BCUT2D eigenvalue weighted by atomic mass is 9.53. The SMILES string of the molecule is C#C[C@]1(O)CC[C@H]2[C@@H]3CCc4cc(O)ccc4[C@H]3CC[C@@]21C.CCC(C)n1ncn(-c2ccc(N3CCN(c4ccc(OC[C@H]5CO[C@](Cn6cncn6)(c6ccc(Cl)cc6Cl)O5)cc4)CC3)cc2)c1=O.c1ccc2[nH]c(-c3cscn3)nc2c1.